The molecule has 3 rings (SSSR count). The van der Waals surface area contributed by atoms with Crippen molar-refractivity contribution in [2.24, 2.45) is 10.9 Å². The average Bonchev–Trinajstić information content (AvgIpc) is 2.92. The molecule has 224 valence electrons. The van der Waals surface area contributed by atoms with Crippen molar-refractivity contribution < 1.29 is 28.2 Å². The topological polar surface area (TPSA) is 113 Å². The summed E-state index contributed by atoms with van der Waals surface area (Å²) in [7, 11) is -2.83. The number of nitrogens with zero attached hydrogens (tertiary/aromatic N) is 1. The van der Waals surface area contributed by atoms with E-state index in [0.717, 1.165) is 17.4 Å². The van der Waals surface area contributed by atoms with Crippen LogP contribution in [0.2, 0.25) is 30.7 Å². The number of ether oxygens (including phenoxy) is 3. The van der Waals surface area contributed by atoms with Gasteiger partial charge in [-0.25, -0.2) is 9.56 Å². The minimum Gasteiger partial charge on any atom is -0.497 e. The Bertz CT molecular complexity index is 1500. The van der Waals surface area contributed by atoms with E-state index < -0.39 is 16.3 Å². The molecule has 0 aliphatic heterocycles. The van der Waals surface area contributed by atoms with Gasteiger partial charge < -0.3 is 29.4 Å². The van der Waals surface area contributed by atoms with Crippen molar-refractivity contribution in [3.63, 3.8) is 0 Å². The van der Waals surface area contributed by atoms with Crippen molar-refractivity contribution in [3.8, 4) is 29.1 Å². The van der Waals surface area contributed by atoms with Gasteiger partial charge in [-0.15, -0.1) is 0 Å². The maximum Gasteiger partial charge on any atom is 0.365 e. The van der Waals surface area contributed by atoms with E-state index in [0.29, 0.717) is 52.4 Å². The molecule has 0 saturated carbocycles. The normalized spacial score (nSPS) is 13.1. The maximum atomic E-state index is 11.3. The van der Waals surface area contributed by atoms with Crippen molar-refractivity contribution in [3.05, 3.63) is 76.3 Å². The van der Waals surface area contributed by atoms with E-state index in [1.54, 1.807) is 44.4 Å². The van der Waals surface area contributed by atoms with E-state index in [-0.39, 0.29) is 11.7 Å². The van der Waals surface area contributed by atoms with Crippen molar-refractivity contribution >= 4 is 45.2 Å². The first kappa shape index (κ1) is 33.3. The van der Waals surface area contributed by atoms with Gasteiger partial charge in [0.2, 0.25) is 0 Å². The zero-order chi connectivity index (χ0) is 30.9. The highest BCUT2D eigenvalue weighted by atomic mass is 35.5. The third-order valence-electron chi connectivity index (χ3n) is 6.14. The molecule has 8 nitrogen and oxygen atoms in total. The molecule has 0 aliphatic rings. The summed E-state index contributed by atoms with van der Waals surface area (Å²) in [4.78, 5) is 14.1. The molecule has 0 fully saturated rings. The molecular formula is C31H38ClN2O6PSi. The number of nitrogens with two attached hydrogens (primary N) is 1. The molecular weight excluding hydrogens is 591 g/mol. The van der Waals surface area contributed by atoms with Crippen molar-refractivity contribution in [1.82, 2.24) is 0 Å². The Morgan fingerprint density at radius 1 is 1.10 bits per heavy atom. The van der Waals surface area contributed by atoms with E-state index in [4.69, 9.17) is 41.1 Å². The third kappa shape index (κ3) is 10.5. The van der Waals surface area contributed by atoms with E-state index in [2.05, 4.69) is 31.5 Å². The lowest BCUT2D eigenvalue weighted by atomic mass is 10.1. The molecule has 3 aromatic rings. The maximum absolute atomic E-state index is 11.3. The highest BCUT2D eigenvalue weighted by molar-refractivity contribution is 7.32. The smallest absolute Gasteiger partial charge is 0.365 e. The molecule has 0 bridgehead atoms. The van der Waals surface area contributed by atoms with Crippen LogP contribution in [0, 0.1) is 24.7 Å². The van der Waals surface area contributed by atoms with E-state index in [1.165, 1.54) is 0 Å². The first-order valence-corrected chi connectivity index (χ1v) is 18.8. The molecule has 11 heteroatoms. The minimum atomic E-state index is -3.19. The number of hydrogen-bond acceptors (Lipinski definition) is 7. The molecule has 0 aromatic heterocycles. The van der Waals surface area contributed by atoms with E-state index >= 15 is 0 Å². The molecule has 0 radical (unpaired) electrons. The summed E-state index contributed by atoms with van der Waals surface area (Å²) in [5, 5.41) is 0.400. The lowest BCUT2D eigenvalue weighted by molar-refractivity contribution is 0.129. The lowest BCUT2D eigenvalue weighted by Gasteiger charge is -2.19. The fourth-order valence-corrected chi connectivity index (χ4v) is 5.00. The van der Waals surface area contributed by atoms with Gasteiger partial charge in [-0.2, -0.15) is 0 Å². The van der Waals surface area contributed by atoms with Crippen LogP contribution in [-0.4, -0.2) is 39.2 Å². The Labute approximate surface area is 254 Å². The van der Waals surface area contributed by atoms with Crippen LogP contribution in [0.4, 0.5) is 11.4 Å². The van der Waals surface area contributed by atoms with Crippen molar-refractivity contribution in [2.45, 2.75) is 39.5 Å². The van der Waals surface area contributed by atoms with Gasteiger partial charge in [0.15, 0.2) is 5.90 Å². The van der Waals surface area contributed by atoms with Gasteiger partial charge in [-0.3, -0.25) is 0 Å². The Balaban J connectivity index is 1.96. The zero-order valence-corrected chi connectivity index (χ0v) is 27.5. The van der Waals surface area contributed by atoms with Crippen LogP contribution in [-0.2, 0) is 9.30 Å². The van der Waals surface area contributed by atoms with E-state index in [1.807, 2.05) is 31.2 Å². The largest absolute Gasteiger partial charge is 0.497 e. The quantitative estimate of drug-likeness (QED) is 0.0430. The van der Waals surface area contributed by atoms with Gasteiger partial charge in [-0.1, -0.05) is 56.1 Å². The summed E-state index contributed by atoms with van der Waals surface area (Å²) in [5.74, 6) is 7.68. The highest BCUT2D eigenvalue weighted by Gasteiger charge is 2.18. The van der Waals surface area contributed by atoms with Gasteiger partial charge in [0.25, 0.3) is 0 Å². The van der Waals surface area contributed by atoms with Gasteiger partial charge in [-0.05, 0) is 61.0 Å². The monoisotopic (exact) mass is 628 g/mol. The van der Waals surface area contributed by atoms with Crippen LogP contribution in [0.5, 0.6) is 17.2 Å². The SMILES string of the molecule is COc1ccc(C#Cc2cc(/N=C(/Oc3ccc(C)c(O[PH](=O)O)c3)C(C)COCC[Si](C)(C)C)c(N)cc2Cl)cc1. The summed E-state index contributed by atoms with van der Waals surface area (Å²) in [5.41, 5.74) is 9.16. The number of anilines is 1. The Morgan fingerprint density at radius 2 is 1.79 bits per heavy atom. The number of benzene rings is 3. The fourth-order valence-electron chi connectivity index (χ4n) is 3.61. The number of halogens is 1. The molecule has 3 aromatic carbocycles. The molecule has 0 spiro atoms. The molecule has 42 heavy (non-hydrogen) atoms. The molecule has 0 heterocycles. The van der Waals surface area contributed by atoms with Gasteiger partial charge in [0, 0.05) is 31.9 Å². The predicted molar refractivity (Wildman–Crippen MR) is 174 cm³/mol. The Hall–Kier alpha value is -3.25. The number of aryl methyl sites for hydroxylation is 1. The third-order valence-corrected chi connectivity index (χ3v) is 8.56. The molecule has 2 unspecified atom stereocenters. The van der Waals surface area contributed by atoms with Crippen LogP contribution in [0.3, 0.4) is 0 Å². The molecule has 0 amide bonds. The number of hydrogen-bond donors (Lipinski definition) is 2. The standard InChI is InChI=1S/C31H38ClN2O6PSi/c1-21-7-12-26(18-30(21)40-41(35)36)39-31(22(2)20-38-15-16-42(4,5)6)34-29-17-24(27(32)19-28(29)33)11-8-23-9-13-25(37-3)14-10-23/h7,9-10,12-14,17-19,22,41H,15-16,20,33H2,1-6H3,(H,35,36)/b34-31+. The molecule has 0 saturated heterocycles. The minimum absolute atomic E-state index is 0.249. The fraction of sp³-hybridized carbons (Fsp3) is 0.323. The Morgan fingerprint density at radius 3 is 2.43 bits per heavy atom. The van der Waals surface area contributed by atoms with Crippen molar-refractivity contribution in [1.29, 1.82) is 0 Å². The summed E-state index contributed by atoms with van der Waals surface area (Å²) in [6.45, 7) is 11.6. The van der Waals surface area contributed by atoms with Crippen LogP contribution in [0.15, 0.2) is 59.6 Å². The first-order chi connectivity index (χ1) is 19.8. The van der Waals surface area contributed by atoms with Crippen molar-refractivity contribution in [2.75, 3.05) is 26.1 Å². The van der Waals surface area contributed by atoms with Gasteiger partial charge in [0.05, 0.1) is 36.0 Å². The number of aliphatic imine (C=N–C) groups is 1. The van der Waals surface area contributed by atoms with Crippen LogP contribution >= 0.6 is 19.9 Å². The van der Waals surface area contributed by atoms with Gasteiger partial charge in [0.1, 0.15) is 17.2 Å². The number of rotatable bonds is 11. The number of nitrogen functional groups attached to an aromatic ring is 1. The van der Waals surface area contributed by atoms with Crippen LogP contribution in [0.1, 0.15) is 23.6 Å². The second-order valence-corrected chi connectivity index (χ2v) is 17.8. The predicted octanol–water partition coefficient (Wildman–Crippen LogP) is 7.50. The first-order valence-electron chi connectivity index (χ1n) is 13.5. The van der Waals surface area contributed by atoms with Crippen LogP contribution in [0.25, 0.3) is 0 Å². The number of methoxy groups -OCH3 is 1. The summed E-state index contributed by atoms with van der Waals surface area (Å²) in [6.07, 6.45) is 0. The highest BCUT2D eigenvalue weighted by Crippen LogP contribution is 2.33. The summed E-state index contributed by atoms with van der Waals surface area (Å²) in [6, 6.07) is 16.8. The van der Waals surface area contributed by atoms with E-state index in [9.17, 15) is 9.46 Å². The molecule has 3 N–H and O–H groups in total. The average molecular weight is 629 g/mol. The second kappa shape index (κ2) is 15.3. The van der Waals surface area contributed by atoms with Crippen LogP contribution < -0.4 is 19.7 Å². The summed E-state index contributed by atoms with van der Waals surface area (Å²) < 4.78 is 33.8. The zero-order valence-electron chi connectivity index (χ0n) is 24.8. The molecule has 2 atom stereocenters. The van der Waals surface area contributed by atoms with Gasteiger partial charge >= 0.3 is 8.25 Å². The molecule has 0 aliphatic carbocycles. The second-order valence-electron chi connectivity index (χ2n) is 11.0. The lowest BCUT2D eigenvalue weighted by Crippen LogP contribution is -2.25. The summed E-state index contributed by atoms with van der Waals surface area (Å²) >= 11 is 6.48. The Kier molecular flexibility index (Phi) is 12.1.